The van der Waals surface area contributed by atoms with Crippen molar-refractivity contribution in [3.8, 4) is 5.75 Å². The largest absolute Gasteiger partial charge is 0.487 e. The second-order valence-corrected chi connectivity index (χ2v) is 10.6. The van der Waals surface area contributed by atoms with Gasteiger partial charge < -0.3 is 9.84 Å². The maximum atomic E-state index is 12.2. The third-order valence-corrected chi connectivity index (χ3v) is 7.85. The van der Waals surface area contributed by atoms with E-state index in [1.165, 1.54) is 18.4 Å². The van der Waals surface area contributed by atoms with Gasteiger partial charge in [0, 0.05) is 19.1 Å². The molecule has 1 saturated carbocycles. The smallest absolute Gasteiger partial charge is 0.339 e. The van der Waals surface area contributed by atoms with Crippen LogP contribution in [0.4, 0.5) is 0 Å². The zero-order chi connectivity index (χ0) is 21.6. The number of ether oxygens (including phenoxy) is 1. The second kappa shape index (κ2) is 8.57. The van der Waals surface area contributed by atoms with Gasteiger partial charge in [0.15, 0.2) is 0 Å². The van der Waals surface area contributed by atoms with Crippen molar-refractivity contribution in [3.05, 3.63) is 28.8 Å². The Balaban J connectivity index is 1.44. The van der Waals surface area contributed by atoms with Crippen molar-refractivity contribution >= 4 is 13.2 Å². The van der Waals surface area contributed by atoms with Crippen molar-refractivity contribution in [2.45, 2.75) is 84.1 Å². The summed E-state index contributed by atoms with van der Waals surface area (Å²) in [6.07, 6.45) is 4.64. The molecule has 2 aliphatic heterocycles. The highest BCUT2D eigenvalue weighted by Gasteiger charge is 2.55. The van der Waals surface area contributed by atoms with Crippen LogP contribution in [0.25, 0.3) is 0 Å². The molecule has 2 fully saturated rings. The molecule has 4 unspecified atom stereocenters. The van der Waals surface area contributed by atoms with Crippen LogP contribution in [0.2, 0.25) is 5.82 Å². The third kappa shape index (κ3) is 4.02. The highest BCUT2D eigenvalue weighted by molar-refractivity contribution is 6.40. The average Bonchev–Trinajstić information content (AvgIpc) is 3.40. The lowest BCUT2D eigenvalue weighted by atomic mass is 9.60. The van der Waals surface area contributed by atoms with Gasteiger partial charge in [-0.25, -0.2) is 4.79 Å². The molecular weight excluding hydrogens is 373 g/mol. The van der Waals surface area contributed by atoms with E-state index in [1.54, 1.807) is 0 Å². The Hall–Kier alpha value is -1.49. The Kier molecular flexibility index (Phi) is 6.21. The van der Waals surface area contributed by atoms with Crippen LogP contribution >= 0.6 is 0 Å². The van der Waals surface area contributed by atoms with E-state index in [0.29, 0.717) is 29.2 Å². The van der Waals surface area contributed by atoms with Gasteiger partial charge in [-0.3, -0.25) is 4.90 Å². The van der Waals surface area contributed by atoms with Gasteiger partial charge in [-0.1, -0.05) is 52.8 Å². The van der Waals surface area contributed by atoms with E-state index in [4.69, 9.17) is 4.74 Å². The lowest BCUT2D eigenvalue weighted by molar-refractivity contribution is -0.0142. The molecule has 5 heteroatoms. The number of rotatable bonds is 9. The molecule has 30 heavy (non-hydrogen) atoms. The molecule has 0 amide bonds. The first-order chi connectivity index (χ1) is 14.3. The van der Waals surface area contributed by atoms with E-state index in [0.717, 1.165) is 56.3 Å². The SMILES string of the molecule is CCC(CCC(C)C)N1CC(Oc2ccc3c(c2C(=O)O)CBC2C3C2C(C)C)C1. The van der Waals surface area contributed by atoms with Crippen LogP contribution in [0.15, 0.2) is 12.1 Å². The number of carboxylic acid groups (broad SMARTS) is 1. The van der Waals surface area contributed by atoms with E-state index in [2.05, 4.69) is 45.6 Å². The molecule has 0 aromatic heterocycles. The summed E-state index contributed by atoms with van der Waals surface area (Å²) in [7, 11) is 1.12. The monoisotopic (exact) mass is 411 g/mol. The number of likely N-dealkylation sites (tertiary alicyclic amines) is 1. The maximum Gasteiger partial charge on any atom is 0.339 e. The lowest BCUT2D eigenvalue weighted by Crippen LogP contribution is -2.57. The zero-order valence-corrected chi connectivity index (χ0v) is 19.4. The fourth-order valence-corrected chi connectivity index (χ4v) is 6.18. The number of aromatic carboxylic acids is 1. The van der Waals surface area contributed by atoms with Crippen molar-refractivity contribution in [1.29, 1.82) is 0 Å². The van der Waals surface area contributed by atoms with Gasteiger partial charge in [-0.05, 0) is 60.1 Å². The lowest BCUT2D eigenvalue weighted by Gasteiger charge is -2.44. The van der Waals surface area contributed by atoms with Crippen LogP contribution in [0.1, 0.15) is 81.3 Å². The molecule has 164 valence electrons. The Morgan fingerprint density at radius 2 is 1.97 bits per heavy atom. The first kappa shape index (κ1) is 21.7. The third-order valence-electron chi connectivity index (χ3n) is 7.85. The Morgan fingerprint density at radius 1 is 1.23 bits per heavy atom. The molecule has 4 nitrogen and oxygen atoms in total. The molecule has 1 aliphatic carbocycles. The van der Waals surface area contributed by atoms with Crippen LogP contribution in [0.3, 0.4) is 0 Å². The molecule has 0 spiro atoms. The van der Waals surface area contributed by atoms with Crippen LogP contribution < -0.4 is 4.74 Å². The number of nitrogens with zero attached hydrogens (tertiary/aromatic N) is 1. The van der Waals surface area contributed by atoms with E-state index >= 15 is 0 Å². The second-order valence-electron chi connectivity index (χ2n) is 10.6. The molecule has 1 aromatic rings. The average molecular weight is 411 g/mol. The fourth-order valence-electron chi connectivity index (χ4n) is 6.18. The quantitative estimate of drug-likeness (QED) is 0.595. The number of fused-ring (bicyclic) bond motifs is 3. The minimum Gasteiger partial charge on any atom is -0.487 e. The molecule has 4 rings (SSSR count). The van der Waals surface area contributed by atoms with Crippen molar-refractivity contribution in [2.75, 3.05) is 13.1 Å². The molecule has 2 heterocycles. The van der Waals surface area contributed by atoms with Gasteiger partial charge in [-0.15, -0.1) is 0 Å². The number of benzene rings is 1. The predicted molar refractivity (Wildman–Crippen MR) is 123 cm³/mol. The standard InChI is InChI=1S/C25H38BNO3/c1-6-16(8-7-14(2)3)27-12-17(13-27)30-20-10-9-18-19(22(20)25(28)29)11-26-24-21(15(4)5)23(18)24/h9-10,14-17,21,23-24,26H,6-8,11-13H2,1-5H3,(H,28,29). The van der Waals surface area contributed by atoms with Crippen LogP contribution in [-0.2, 0) is 6.32 Å². The topological polar surface area (TPSA) is 49.8 Å². The first-order valence-electron chi connectivity index (χ1n) is 12.1. The number of hydrogen-bond donors (Lipinski definition) is 1. The van der Waals surface area contributed by atoms with Gasteiger partial charge in [-0.2, -0.15) is 0 Å². The number of carbonyl (C=O) groups is 1. The van der Waals surface area contributed by atoms with Gasteiger partial charge in [0.25, 0.3) is 0 Å². The Morgan fingerprint density at radius 3 is 2.57 bits per heavy atom. The first-order valence-corrected chi connectivity index (χ1v) is 12.1. The Labute approximate surface area is 182 Å². The van der Waals surface area contributed by atoms with Crippen molar-refractivity contribution in [1.82, 2.24) is 4.90 Å². The van der Waals surface area contributed by atoms with Crippen LogP contribution in [0.5, 0.6) is 5.75 Å². The fraction of sp³-hybridized carbons (Fsp3) is 0.720. The van der Waals surface area contributed by atoms with Gasteiger partial charge in [0.1, 0.15) is 24.7 Å². The van der Waals surface area contributed by atoms with Crippen molar-refractivity contribution in [2.24, 2.45) is 17.8 Å². The number of hydrogen-bond acceptors (Lipinski definition) is 3. The van der Waals surface area contributed by atoms with Crippen LogP contribution in [0, 0.1) is 17.8 Å². The minimum absolute atomic E-state index is 0.106. The van der Waals surface area contributed by atoms with Crippen molar-refractivity contribution in [3.63, 3.8) is 0 Å². The summed E-state index contributed by atoms with van der Waals surface area (Å²) >= 11 is 0. The highest BCUT2D eigenvalue weighted by Crippen LogP contribution is 2.65. The molecule has 3 aliphatic rings. The molecule has 1 aromatic carbocycles. The van der Waals surface area contributed by atoms with E-state index < -0.39 is 5.97 Å². The summed E-state index contributed by atoms with van der Waals surface area (Å²) in [5, 5.41) is 10.0. The molecule has 1 saturated heterocycles. The van der Waals surface area contributed by atoms with Gasteiger partial charge in [0.05, 0.1) is 0 Å². The normalized spacial score (nSPS) is 26.6. The molecule has 1 N–H and O–H groups in total. The predicted octanol–water partition coefficient (Wildman–Crippen LogP) is 4.77. The highest BCUT2D eigenvalue weighted by atomic mass is 16.5. The van der Waals surface area contributed by atoms with E-state index in [9.17, 15) is 9.90 Å². The van der Waals surface area contributed by atoms with E-state index in [-0.39, 0.29) is 6.10 Å². The molecular formula is C25H38BNO3. The summed E-state index contributed by atoms with van der Waals surface area (Å²) < 4.78 is 6.26. The maximum absolute atomic E-state index is 12.2. The Bertz CT molecular complexity index is 787. The summed E-state index contributed by atoms with van der Waals surface area (Å²) in [6, 6.07) is 4.73. The van der Waals surface area contributed by atoms with Gasteiger partial charge >= 0.3 is 5.97 Å². The summed E-state index contributed by atoms with van der Waals surface area (Å²) in [6.45, 7) is 13.2. The molecule has 4 atom stereocenters. The molecule has 0 bridgehead atoms. The molecule has 0 radical (unpaired) electrons. The van der Waals surface area contributed by atoms with Crippen molar-refractivity contribution < 1.29 is 14.6 Å². The minimum atomic E-state index is -0.832. The summed E-state index contributed by atoms with van der Waals surface area (Å²) in [5.41, 5.74) is 2.76. The number of carboxylic acids is 1. The summed E-state index contributed by atoms with van der Waals surface area (Å²) in [5.74, 6) is 3.19. The summed E-state index contributed by atoms with van der Waals surface area (Å²) in [4.78, 5) is 14.7. The zero-order valence-electron chi connectivity index (χ0n) is 19.4. The van der Waals surface area contributed by atoms with Gasteiger partial charge in [0.2, 0.25) is 0 Å². The van der Waals surface area contributed by atoms with E-state index in [1.807, 2.05) is 6.07 Å². The van der Waals surface area contributed by atoms with Crippen LogP contribution in [-0.4, -0.2) is 48.5 Å².